The molecule has 0 atom stereocenters. The molecule has 29 heavy (non-hydrogen) atoms. The Hall–Kier alpha value is -2.43. The van der Waals surface area contributed by atoms with E-state index in [1.807, 2.05) is 0 Å². The molecule has 1 saturated heterocycles. The lowest BCUT2D eigenvalue weighted by molar-refractivity contribution is 0.0730. The number of benzene rings is 1. The van der Waals surface area contributed by atoms with Crippen molar-refractivity contribution in [2.45, 2.75) is 11.3 Å². The fourth-order valence-electron chi connectivity index (χ4n) is 3.09. The van der Waals surface area contributed by atoms with Crippen molar-refractivity contribution < 1.29 is 22.3 Å². The molecule has 1 fully saturated rings. The smallest absolute Gasteiger partial charge is 0.267 e. The third kappa shape index (κ3) is 5.14. The van der Waals surface area contributed by atoms with Crippen molar-refractivity contribution in [1.82, 2.24) is 14.6 Å². The van der Waals surface area contributed by atoms with Crippen molar-refractivity contribution in [3.05, 3.63) is 48.0 Å². The lowest BCUT2D eigenvalue weighted by atomic mass is 10.2. The normalized spacial score (nSPS) is 15.2. The van der Waals surface area contributed by atoms with Crippen LogP contribution in [0.1, 0.15) is 16.9 Å². The summed E-state index contributed by atoms with van der Waals surface area (Å²) < 4.78 is 45.5. The van der Waals surface area contributed by atoms with E-state index in [1.165, 1.54) is 22.6 Å². The first-order valence-electron chi connectivity index (χ1n) is 9.40. The van der Waals surface area contributed by atoms with Gasteiger partial charge in [0.2, 0.25) is 10.0 Å². The minimum Gasteiger partial charge on any atom is -0.379 e. The van der Waals surface area contributed by atoms with Gasteiger partial charge < -0.3 is 19.9 Å². The average molecular weight is 424 g/mol. The predicted molar refractivity (Wildman–Crippen MR) is 107 cm³/mol. The molecule has 0 radical (unpaired) electrons. The molecule has 3 rings (SSSR count). The van der Waals surface area contributed by atoms with E-state index in [4.69, 9.17) is 4.74 Å². The molecule has 2 N–H and O–H groups in total. The standard InChI is InChI=1S/C19H25FN4O4S/c1-23(18-6-3-2-5-16(18)20)8-4-7-21-19(25)17-13-15(14-22-17)29(26,27)24-9-11-28-12-10-24/h2-3,5-6,13-14,22H,4,7-12H2,1H3,(H,21,25). The molecular formula is C19H25FN4O4S. The number of halogens is 1. The Kier molecular flexibility index (Phi) is 6.88. The summed E-state index contributed by atoms with van der Waals surface area (Å²) in [4.78, 5) is 16.9. The number of hydrogen-bond donors (Lipinski definition) is 2. The van der Waals surface area contributed by atoms with Gasteiger partial charge in [0.1, 0.15) is 16.4 Å². The number of hydrogen-bond acceptors (Lipinski definition) is 5. The maximum Gasteiger partial charge on any atom is 0.267 e. The second-order valence-corrected chi connectivity index (χ2v) is 8.69. The van der Waals surface area contributed by atoms with Crippen molar-refractivity contribution in [2.75, 3.05) is 51.3 Å². The highest BCUT2D eigenvalue weighted by molar-refractivity contribution is 7.89. The van der Waals surface area contributed by atoms with Crippen LogP contribution in [0.4, 0.5) is 10.1 Å². The third-order valence-electron chi connectivity index (χ3n) is 4.73. The summed E-state index contributed by atoms with van der Waals surface area (Å²) in [7, 11) is -1.86. The second-order valence-electron chi connectivity index (χ2n) is 6.75. The SMILES string of the molecule is CN(CCCNC(=O)c1cc(S(=O)(=O)N2CCOCC2)c[nH]1)c1ccccc1F. The van der Waals surface area contributed by atoms with Gasteiger partial charge in [-0.25, -0.2) is 12.8 Å². The van der Waals surface area contributed by atoms with E-state index < -0.39 is 10.0 Å². The molecule has 1 aliphatic rings. The Morgan fingerprint density at radius 1 is 1.31 bits per heavy atom. The summed E-state index contributed by atoms with van der Waals surface area (Å²) in [6.45, 7) is 2.25. The number of nitrogens with zero attached hydrogens (tertiary/aromatic N) is 2. The average Bonchev–Trinajstić information content (AvgIpc) is 3.23. The number of carbonyl (C=O) groups is 1. The topological polar surface area (TPSA) is 94.7 Å². The molecule has 0 bridgehead atoms. The van der Waals surface area contributed by atoms with Gasteiger partial charge in [-0.15, -0.1) is 0 Å². The quantitative estimate of drug-likeness (QED) is 0.625. The van der Waals surface area contributed by atoms with Crippen molar-refractivity contribution in [1.29, 1.82) is 0 Å². The van der Waals surface area contributed by atoms with Gasteiger partial charge in [-0.05, 0) is 24.6 Å². The van der Waals surface area contributed by atoms with Crippen molar-refractivity contribution in [3.8, 4) is 0 Å². The van der Waals surface area contributed by atoms with Crippen LogP contribution in [-0.2, 0) is 14.8 Å². The zero-order valence-corrected chi connectivity index (χ0v) is 17.0. The molecule has 1 aromatic carbocycles. The van der Waals surface area contributed by atoms with Crippen LogP contribution < -0.4 is 10.2 Å². The van der Waals surface area contributed by atoms with Crippen molar-refractivity contribution >= 4 is 21.6 Å². The lowest BCUT2D eigenvalue weighted by Gasteiger charge is -2.25. The van der Waals surface area contributed by atoms with E-state index in [0.29, 0.717) is 51.5 Å². The summed E-state index contributed by atoms with van der Waals surface area (Å²) in [5, 5.41) is 2.75. The molecule has 1 aromatic heterocycles. The van der Waals surface area contributed by atoms with Gasteiger partial charge >= 0.3 is 0 Å². The number of sulfonamides is 1. The number of rotatable bonds is 8. The van der Waals surface area contributed by atoms with E-state index in [0.717, 1.165) is 0 Å². The fraction of sp³-hybridized carbons (Fsp3) is 0.421. The summed E-state index contributed by atoms with van der Waals surface area (Å²) in [6, 6.07) is 7.84. The number of aromatic amines is 1. The summed E-state index contributed by atoms with van der Waals surface area (Å²) in [6.07, 6.45) is 1.93. The summed E-state index contributed by atoms with van der Waals surface area (Å²) in [5.41, 5.74) is 0.681. The summed E-state index contributed by atoms with van der Waals surface area (Å²) >= 11 is 0. The van der Waals surface area contributed by atoms with Crippen LogP contribution in [0.3, 0.4) is 0 Å². The Morgan fingerprint density at radius 2 is 2.03 bits per heavy atom. The van der Waals surface area contributed by atoms with E-state index in [1.54, 1.807) is 30.1 Å². The molecule has 0 unspecified atom stereocenters. The van der Waals surface area contributed by atoms with E-state index >= 15 is 0 Å². The van der Waals surface area contributed by atoms with Gasteiger partial charge in [-0.3, -0.25) is 4.79 Å². The number of aromatic nitrogens is 1. The van der Waals surface area contributed by atoms with Crippen LogP contribution >= 0.6 is 0 Å². The zero-order valence-electron chi connectivity index (χ0n) is 16.2. The van der Waals surface area contributed by atoms with Crippen LogP contribution in [0.2, 0.25) is 0 Å². The molecule has 2 heterocycles. The molecule has 1 amide bonds. The number of anilines is 1. The largest absolute Gasteiger partial charge is 0.379 e. The van der Waals surface area contributed by atoms with Gasteiger partial charge in [-0.1, -0.05) is 12.1 Å². The van der Waals surface area contributed by atoms with Crippen molar-refractivity contribution in [3.63, 3.8) is 0 Å². The Bertz CT molecular complexity index is 941. The number of para-hydroxylation sites is 1. The van der Waals surface area contributed by atoms with Gasteiger partial charge in [0.05, 0.1) is 18.9 Å². The first-order chi connectivity index (χ1) is 13.9. The maximum absolute atomic E-state index is 13.8. The minimum atomic E-state index is -3.65. The maximum atomic E-state index is 13.8. The van der Waals surface area contributed by atoms with Gasteiger partial charge in [-0.2, -0.15) is 4.31 Å². The van der Waals surface area contributed by atoms with Crippen LogP contribution in [0.5, 0.6) is 0 Å². The number of ether oxygens (including phenoxy) is 1. The molecule has 0 spiro atoms. The van der Waals surface area contributed by atoms with E-state index in [2.05, 4.69) is 10.3 Å². The molecule has 10 heteroatoms. The number of amides is 1. The monoisotopic (exact) mass is 424 g/mol. The van der Waals surface area contributed by atoms with Crippen LogP contribution in [0.25, 0.3) is 0 Å². The third-order valence-corrected chi connectivity index (χ3v) is 6.60. The number of nitrogens with one attached hydrogen (secondary N) is 2. The van der Waals surface area contributed by atoms with Gasteiger partial charge in [0.15, 0.2) is 0 Å². The zero-order chi connectivity index (χ0) is 20.9. The van der Waals surface area contributed by atoms with Crippen molar-refractivity contribution in [2.24, 2.45) is 0 Å². The number of H-pyrrole nitrogens is 1. The molecule has 8 nitrogen and oxygen atoms in total. The molecule has 0 saturated carbocycles. The number of carbonyl (C=O) groups excluding carboxylic acids is 1. The van der Waals surface area contributed by atoms with Gasteiger partial charge in [0, 0.05) is 39.4 Å². The number of morpholine rings is 1. The first-order valence-corrected chi connectivity index (χ1v) is 10.8. The Labute approximate surface area is 169 Å². The molecule has 1 aliphatic heterocycles. The molecular weight excluding hydrogens is 399 g/mol. The minimum absolute atomic E-state index is 0.0591. The molecule has 0 aliphatic carbocycles. The molecule has 2 aromatic rings. The predicted octanol–water partition coefficient (Wildman–Crippen LogP) is 1.43. The highest BCUT2D eigenvalue weighted by Gasteiger charge is 2.27. The highest BCUT2D eigenvalue weighted by Crippen LogP contribution is 2.18. The first kappa shape index (κ1) is 21.3. The highest BCUT2D eigenvalue weighted by atomic mass is 32.2. The van der Waals surface area contributed by atoms with Gasteiger partial charge in [0.25, 0.3) is 5.91 Å². The Balaban J connectivity index is 1.50. The van der Waals surface area contributed by atoms with Crippen LogP contribution in [0.15, 0.2) is 41.4 Å². The summed E-state index contributed by atoms with van der Waals surface area (Å²) in [5.74, 6) is -0.679. The lowest BCUT2D eigenvalue weighted by Crippen LogP contribution is -2.40. The second kappa shape index (κ2) is 9.38. The van der Waals surface area contributed by atoms with E-state index in [9.17, 15) is 17.6 Å². The van der Waals surface area contributed by atoms with Crippen LogP contribution in [-0.4, -0.2) is 70.1 Å². The van der Waals surface area contributed by atoms with Crippen LogP contribution in [0, 0.1) is 5.82 Å². The Morgan fingerprint density at radius 3 is 2.76 bits per heavy atom. The molecule has 158 valence electrons. The fourth-order valence-corrected chi connectivity index (χ4v) is 4.49. The van der Waals surface area contributed by atoms with E-state index in [-0.39, 0.29) is 22.3 Å².